The third-order valence-corrected chi connectivity index (χ3v) is 5.35. The quantitative estimate of drug-likeness (QED) is 0.731. The maximum Gasteiger partial charge on any atom is 0.279 e. The Morgan fingerprint density at radius 1 is 1.31 bits per heavy atom. The maximum atomic E-state index is 12.0. The predicted octanol–water partition coefficient (Wildman–Crippen LogP) is -0.102. The molecule has 5 nitrogen and oxygen atoms in total. The highest BCUT2D eigenvalue weighted by molar-refractivity contribution is 7.87. The molecule has 1 aliphatic carbocycles. The molecule has 1 aliphatic heterocycles. The first-order chi connectivity index (χ1) is 7.40. The van der Waals surface area contributed by atoms with E-state index < -0.39 is 10.2 Å². The van der Waals surface area contributed by atoms with Gasteiger partial charge in [0.1, 0.15) is 0 Å². The minimum absolute atomic E-state index is 0.0564. The Kier molecular flexibility index (Phi) is 3.27. The van der Waals surface area contributed by atoms with Crippen molar-refractivity contribution in [2.45, 2.75) is 38.8 Å². The van der Waals surface area contributed by atoms with E-state index in [-0.39, 0.29) is 12.1 Å². The van der Waals surface area contributed by atoms with Crippen LogP contribution in [-0.4, -0.2) is 37.9 Å². The molecule has 3 unspecified atom stereocenters. The highest BCUT2D eigenvalue weighted by atomic mass is 32.2. The molecule has 1 saturated heterocycles. The van der Waals surface area contributed by atoms with Gasteiger partial charge >= 0.3 is 0 Å². The Morgan fingerprint density at radius 3 is 2.56 bits per heavy atom. The van der Waals surface area contributed by atoms with Gasteiger partial charge in [0.2, 0.25) is 0 Å². The van der Waals surface area contributed by atoms with Gasteiger partial charge < -0.3 is 5.73 Å². The van der Waals surface area contributed by atoms with Gasteiger partial charge in [-0.2, -0.15) is 17.4 Å². The Balaban J connectivity index is 2.04. The first kappa shape index (κ1) is 12.3. The summed E-state index contributed by atoms with van der Waals surface area (Å²) in [6.45, 7) is 4.90. The lowest BCUT2D eigenvalue weighted by Gasteiger charge is -2.20. The smallest absolute Gasteiger partial charge is 0.279 e. The molecule has 2 aliphatic rings. The molecular weight excluding hydrogens is 226 g/mol. The van der Waals surface area contributed by atoms with E-state index in [4.69, 9.17) is 5.73 Å². The van der Waals surface area contributed by atoms with Crippen molar-refractivity contribution in [1.29, 1.82) is 0 Å². The molecule has 0 radical (unpaired) electrons. The lowest BCUT2D eigenvalue weighted by molar-refractivity contribution is 0.417. The van der Waals surface area contributed by atoms with Crippen molar-refractivity contribution >= 4 is 10.2 Å². The standard InChI is InChI=1S/C10H21N3O2S/c1-7(2)12-16(14,15)13-5-8-3-4-10(11)9(8)6-13/h7-10,12H,3-6,11H2,1-2H3. The van der Waals surface area contributed by atoms with E-state index in [9.17, 15) is 8.42 Å². The summed E-state index contributed by atoms with van der Waals surface area (Å²) in [6, 6.07) is 0.128. The van der Waals surface area contributed by atoms with Gasteiger partial charge in [-0.3, -0.25) is 0 Å². The fourth-order valence-electron chi connectivity index (χ4n) is 2.84. The largest absolute Gasteiger partial charge is 0.327 e. The summed E-state index contributed by atoms with van der Waals surface area (Å²) in [5.74, 6) is 0.836. The predicted molar refractivity (Wildman–Crippen MR) is 63.0 cm³/mol. The van der Waals surface area contributed by atoms with Gasteiger partial charge in [0.15, 0.2) is 0 Å². The summed E-state index contributed by atoms with van der Waals surface area (Å²) in [6.07, 6.45) is 2.11. The number of nitrogens with zero attached hydrogens (tertiary/aromatic N) is 1. The number of fused-ring (bicyclic) bond motifs is 1. The second-order valence-corrected chi connectivity index (χ2v) is 6.96. The van der Waals surface area contributed by atoms with Crippen LogP contribution in [0.1, 0.15) is 26.7 Å². The highest BCUT2D eigenvalue weighted by Gasteiger charge is 2.44. The number of nitrogens with one attached hydrogen (secondary N) is 1. The van der Waals surface area contributed by atoms with Crippen molar-refractivity contribution in [1.82, 2.24) is 9.03 Å². The van der Waals surface area contributed by atoms with Crippen molar-refractivity contribution in [3.63, 3.8) is 0 Å². The SMILES string of the molecule is CC(C)NS(=O)(=O)N1CC2CCC(N)C2C1. The molecule has 2 rings (SSSR count). The molecular formula is C10H21N3O2S. The summed E-state index contributed by atoms with van der Waals surface area (Å²) in [5, 5.41) is 0. The van der Waals surface area contributed by atoms with E-state index >= 15 is 0 Å². The Bertz CT molecular complexity index is 355. The van der Waals surface area contributed by atoms with Crippen LogP contribution in [0.2, 0.25) is 0 Å². The van der Waals surface area contributed by atoms with Crippen LogP contribution in [0.4, 0.5) is 0 Å². The zero-order chi connectivity index (χ0) is 11.9. The normalized spacial score (nSPS) is 35.9. The van der Waals surface area contributed by atoms with Crippen molar-refractivity contribution in [3.8, 4) is 0 Å². The van der Waals surface area contributed by atoms with Crippen molar-refractivity contribution in [3.05, 3.63) is 0 Å². The summed E-state index contributed by atoms with van der Waals surface area (Å²) in [5.41, 5.74) is 5.98. The molecule has 16 heavy (non-hydrogen) atoms. The second kappa shape index (κ2) is 4.25. The van der Waals surface area contributed by atoms with Crippen molar-refractivity contribution in [2.75, 3.05) is 13.1 Å². The first-order valence-corrected chi connectivity index (χ1v) is 7.37. The van der Waals surface area contributed by atoms with E-state index in [0.717, 1.165) is 12.8 Å². The van der Waals surface area contributed by atoms with E-state index in [1.807, 2.05) is 13.8 Å². The number of hydrogen-bond acceptors (Lipinski definition) is 3. The van der Waals surface area contributed by atoms with Gasteiger partial charge in [0, 0.05) is 25.2 Å². The van der Waals surface area contributed by atoms with Crippen molar-refractivity contribution in [2.24, 2.45) is 17.6 Å². The molecule has 94 valence electrons. The van der Waals surface area contributed by atoms with Crippen LogP contribution >= 0.6 is 0 Å². The third kappa shape index (κ3) is 2.25. The van der Waals surface area contributed by atoms with Gasteiger partial charge in [-0.15, -0.1) is 0 Å². The minimum atomic E-state index is -3.30. The fourth-order valence-corrected chi connectivity index (χ4v) is 4.34. The topological polar surface area (TPSA) is 75.4 Å². The number of nitrogens with two attached hydrogens (primary N) is 1. The Morgan fingerprint density at radius 2 is 2.00 bits per heavy atom. The van der Waals surface area contributed by atoms with Crippen LogP contribution in [0, 0.1) is 11.8 Å². The molecule has 0 bridgehead atoms. The average molecular weight is 247 g/mol. The van der Waals surface area contributed by atoms with Crippen LogP contribution in [0.25, 0.3) is 0 Å². The molecule has 3 atom stereocenters. The zero-order valence-electron chi connectivity index (χ0n) is 9.89. The van der Waals surface area contributed by atoms with Crippen LogP contribution in [0.5, 0.6) is 0 Å². The molecule has 0 aromatic carbocycles. The molecule has 1 heterocycles. The monoisotopic (exact) mass is 247 g/mol. The van der Waals surface area contributed by atoms with Crippen LogP contribution in [-0.2, 0) is 10.2 Å². The van der Waals surface area contributed by atoms with Crippen LogP contribution in [0.15, 0.2) is 0 Å². The molecule has 1 saturated carbocycles. The fraction of sp³-hybridized carbons (Fsp3) is 1.00. The van der Waals surface area contributed by atoms with Crippen LogP contribution in [0.3, 0.4) is 0 Å². The number of rotatable bonds is 3. The second-order valence-electron chi connectivity index (χ2n) is 5.26. The first-order valence-electron chi connectivity index (χ1n) is 5.93. The Labute approximate surface area is 97.6 Å². The van der Waals surface area contributed by atoms with E-state index in [2.05, 4.69) is 4.72 Å². The third-order valence-electron chi connectivity index (χ3n) is 3.60. The average Bonchev–Trinajstić information content (AvgIpc) is 2.66. The lowest BCUT2D eigenvalue weighted by Crippen LogP contribution is -2.43. The molecule has 3 N–H and O–H groups in total. The van der Waals surface area contributed by atoms with Gasteiger partial charge in [0.25, 0.3) is 10.2 Å². The van der Waals surface area contributed by atoms with E-state index in [1.54, 1.807) is 4.31 Å². The van der Waals surface area contributed by atoms with Gasteiger partial charge in [-0.1, -0.05) is 0 Å². The molecule has 0 spiro atoms. The molecule has 0 aromatic rings. The Hall–Kier alpha value is -0.170. The van der Waals surface area contributed by atoms with Crippen LogP contribution < -0.4 is 10.5 Å². The number of hydrogen-bond donors (Lipinski definition) is 2. The molecule has 2 fully saturated rings. The summed E-state index contributed by atoms with van der Waals surface area (Å²) >= 11 is 0. The molecule has 6 heteroatoms. The minimum Gasteiger partial charge on any atom is -0.327 e. The van der Waals surface area contributed by atoms with Gasteiger partial charge in [0.05, 0.1) is 0 Å². The van der Waals surface area contributed by atoms with E-state index in [1.165, 1.54) is 0 Å². The van der Waals surface area contributed by atoms with E-state index in [0.29, 0.717) is 24.9 Å². The lowest BCUT2D eigenvalue weighted by atomic mass is 9.98. The molecule has 0 amide bonds. The summed E-state index contributed by atoms with van der Waals surface area (Å²) in [7, 11) is -3.30. The highest BCUT2D eigenvalue weighted by Crippen LogP contribution is 2.37. The van der Waals surface area contributed by atoms with Gasteiger partial charge in [-0.05, 0) is 38.5 Å². The van der Waals surface area contributed by atoms with Crippen molar-refractivity contribution < 1.29 is 8.42 Å². The summed E-state index contributed by atoms with van der Waals surface area (Å²) < 4.78 is 28.1. The maximum absolute atomic E-state index is 12.0. The summed E-state index contributed by atoms with van der Waals surface area (Å²) in [4.78, 5) is 0. The van der Waals surface area contributed by atoms with Gasteiger partial charge in [-0.25, -0.2) is 0 Å². The molecule has 0 aromatic heterocycles. The zero-order valence-corrected chi connectivity index (χ0v) is 10.7.